The fourth-order valence-electron chi connectivity index (χ4n) is 5.98. The molecule has 11 heteroatoms. The third-order valence-corrected chi connectivity index (χ3v) is 8.30. The SMILES string of the molecule is CCCCCNC(=O)ON1CCC(Nc2nc(NC3CCC(N)CC3)nc3c2ncn3C2CCCC2)CC1. The van der Waals surface area contributed by atoms with Gasteiger partial charge in [0.2, 0.25) is 5.95 Å². The van der Waals surface area contributed by atoms with E-state index in [0.717, 1.165) is 74.8 Å². The van der Waals surface area contributed by atoms with E-state index in [1.54, 1.807) is 5.06 Å². The number of hydroxylamine groups is 2. The summed E-state index contributed by atoms with van der Waals surface area (Å²) < 4.78 is 2.26. The summed E-state index contributed by atoms with van der Waals surface area (Å²) in [7, 11) is 0. The first-order valence-corrected chi connectivity index (χ1v) is 14.8. The Morgan fingerprint density at radius 3 is 2.47 bits per heavy atom. The molecule has 3 aliphatic rings. The second-order valence-electron chi connectivity index (χ2n) is 11.3. The van der Waals surface area contributed by atoms with Gasteiger partial charge in [-0.3, -0.25) is 0 Å². The van der Waals surface area contributed by atoms with Crippen LogP contribution in [0.25, 0.3) is 11.2 Å². The number of nitrogens with zero attached hydrogens (tertiary/aromatic N) is 5. The van der Waals surface area contributed by atoms with Gasteiger partial charge < -0.3 is 31.1 Å². The molecule has 0 spiro atoms. The summed E-state index contributed by atoms with van der Waals surface area (Å²) in [4.78, 5) is 32.2. The molecule has 5 N–H and O–H groups in total. The Kier molecular flexibility index (Phi) is 9.16. The number of carbonyl (C=O) groups is 1. The van der Waals surface area contributed by atoms with Gasteiger partial charge in [-0.25, -0.2) is 9.78 Å². The van der Waals surface area contributed by atoms with Crippen LogP contribution in [0.2, 0.25) is 0 Å². The van der Waals surface area contributed by atoms with Crippen molar-refractivity contribution in [3.63, 3.8) is 0 Å². The lowest BCUT2D eigenvalue weighted by Crippen LogP contribution is -2.42. The molecule has 1 amide bonds. The van der Waals surface area contributed by atoms with Gasteiger partial charge in [-0.2, -0.15) is 9.97 Å². The number of amides is 1. The molecule has 210 valence electrons. The molecule has 0 aromatic carbocycles. The summed E-state index contributed by atoms with van der Waals surface area (Å²) >= 11 is 0. The lowest BCUT2D eigenvalue weighted by molar-refractivity contribution is -0.112. The summed E-state index contributed by atoms with van der Waals surface area (Å²) in [5.41, 5.74) is 7.86. The monoisotopic (exact) mass is 527 g/mol. The summed E-state index contributed by atoms with van der Waals surface area (Å²) in [5.74, 6) is 1.45. The first-order valence-electron chi connectivity index (χ1n) is 14.8. The van der Waals surface area contributed by atoms with Crippen molar-refractivity contribution in [3.05, 3.63) is 6.33 Å². The van der Waals surface area contributed by atoms with E-state index in [1.807, 2.05) is 6.33 Å². The van der Waals surface area contributed by atoms with Crippen LogP contribution in [0.15, 0.2) is 6.33 Å². The minimum Gasteiger partial charge on any atom is -0.365 e. The maximum Gasteiger partial charge on any atom is 0.426 e. The third-order valence-electron chi connectivity index (χ3n) is 8.30. The van der Waals surface area contributed by atoms with E-state index in [9.17, 15) is 4.79 Å². The molecule has 1 aliphatic heterocycles. The molecular formula is C27H45N9O2. The molecule has 0 radical (unpaired) electrons. The van der Waals surface area contributed by atoms with E-state index in [4.69, 9.17) is 25.5 Å². The molecule has 3 heterocycles. The molecular weight excluding hydrogens is 482 g/mol. The van der Waals surface area contributed by atoms with Crippen molar-refractivity contribution in [1.29, 1.82) is 0 Å². The van der Waals surface area contributed by atoms with Gasteiger partial charge in [0, 0.05) is 43.8 Å². The van der Waals surface area contributed by atoms with E-state index in [0.29, 0.717) is 43.7 Å². The Labute approximate surface area is 225 Å². The smallest absolute Gasteiger partial charge is 0.365 e. The highest BCUT2D eigenvalue weighted by Gasteiger charge is 2.27. The van der Waals surface area contributed by atoms with Gasteiger partial charge in [-0.1, -0.05) is 32.6 Å². The quantitative estimate of drug-likeness (QED) is 0.333. The van der Waals surface area contributed by atoms with Crippen molar-refractivity contribution in [2.24, 2.45) is 5.73 Å². The zero-order valence-electron chi connectivity index (χ0n) is 22.8. The molecule has 5 rings (SSSR count). The van der Waals surface area contributed by atoms with E-state index >= 15 is 0 Å². The van der Waals surface area contributed by atoms with Crippen LogP contribution in [0.1, 0.15) is 96.4 Å². The van der Waals surface area contributed by atoms with Crippen molar-refractivity contribution in [1.82, 2.24) is 29.9 Å². The van der Waals surface area contributed by atoms with Crippen LogP contribution >= 0.6 is 0 Å². The fourth-order valence-corrected chi connectivity index (χ4v) is 5.98. The molecule has 3 fully saturated rings. The number of aromatic nitrogens is 4. The Morgan fingerprint density at radius 2 is 1.74 bits per heavy atom. The zero-order chi connectivity index (χ0) is 26.3. The highest BCUT2D eigenvalue weighted by molar-refractivity contribution is 5.84. The Bertz CT molecular complexity index is 1040. The van der Waals surface area contributed by atoms with Crippen molar-refractivity contribution in [2.75, 3.05) is 30.3 Å². The van der Waals surface area contributed by atoms with Gasteiger partial charge in [0.15, 0.2) is 17.0 Å². The molecule has 0 bridgehead atoms. The van der Waals surface area contributed by atoms with Crippen LogP contribution in [0.4, 0.5) is 16.6 Å². The molecule has 2 aromatic rings. The number of hydrogen-bond donors (Lipinski definition) is 4. The molecule has 2 aromatic heterocycles. The second kappa shape index (κ2) is 12.9. The molecule has 0 atom stereocenters. The number of hydrogen-bond acceptors (Lipinski definition) is 9. The normalized spacial score (nSPS) is 23.5. The van der Waals surface area contributed by atoms with Gasteiger partial charge in [0.25, 0.3) is 0 Å². The lowest BCUT2D eigenvalue weighted by Gasteiger charge is -2.31. The van der Waals surface area contributed by atoms with E-state index in [2.05, 4.69) is 27.4 Å². The molecule has 11 nitrogen and oxygen atoms in total. The highest BCUT2D eigenvalue weighted by atomic mass is 16.7. The molecule has 38 heavy (non-hydrogen) atoms. The number of anilines is 2. The van der Waals surface area contributed by atoms with Gasteiger partial charge in [-0.15, -0.1) is 5.06 Å². The third kappa shape index (κ3) is 6.85. The molecule has 2 aliphatic carbocycles. The first-order chi connectivity index (χ1) is 18.6. The topological polar surface area (TPSA) is 135 Å². The Balaban J connectivity index is 1.24. The van der Waals surface area contributed by atoms with Crippen LogP contribution in [0, 0.1) is 0 Å². The van der Waals surface area contributed by atoms with Crippen LogP contribution in [0.3, 0.4) is 0 Å². The van der Waals surface area contributed by atoms with Crippen molar-refractivity contribution >= 4 is 29.0 Å². The number of nitrogens with one attached hydrogen (secondary N) is 3. The van der Waals surface area contributed by atoms with Crippen LogP contribution in [0.5, 0.6) is 0 Å². The van der Waals surface area contributed by atoms with Gasteiger partial charge >= 0.3 is 6.09 Å². The largest absolute Gasteiger partial charge is 0.426 e. The van der Waals surface area contributed by atoms with Crippen LogP contribution in [-0.2, 0) is 4.84 Å². The number of rotatable bonds is 10. The standard InChI is InChI=1S/C27H45N9O2/c1-2-3-6-15-29-27(37)38-35-16-13-21(14-17-35)31-24-23-25(36(18-30-23)22-7-4-5-8-22)34-26(33-24)32-20-11-9-19(28)10-12-20/h18-22H,2-17,28H2,1H3,(H,29,37)(H2,31,32,33,34). The van der Waals surface area contributed by atoms with Crippen LogP contribution in [-0.4, -0.2) is 68.4 Å². The number of unbranched alkanes of at least 4 members (excludes halogenated alkanes) is 2. The van der Waals surface area contributed by atoms with Gasteiger partial charge in [-0.05, 0) is 57.8 Å². The maximum absolute atomic E-state index is 12.1. The average Bonchev–Trinajstić information content (AvgIpc) is 3.59. The fraction of sp³-hybridized carbons (Fsp3) is 0.778. The zero-order valence-corrected chi connectivity index (χ0v) is 22.8. The maximum atomic E-state index is 12.1. The average molecular weight is 528 g/mol. The first kappa shape index (κ1) is 26.9. The van der Waals surface area contributed by atoms with E-state index in [1.165, 1.54) is 25.7 Å². The number of nitrogens with two attached hydrogens (primary N) is 1. The molecule has 1 saturated heterocycles. The van der Waals surface area contributed by atoms with E-state index in [-0.39, 0.29) is 12.1 Å². The van der Waals surface area contributed by atoms with Crippen molar-refractivity contribution in [3.8, 4) is 0 Å². The number of carbonyl (C=O) groups excluding carboxylic acids is 1. The molecule has 2 saturated carbocycles. The lowest BCUT2D eigenvalue weighted by atomic mass is 9.92. The number of fused-ring (bicyclic) bond motifs is 1. The summed E-state index contributed by atoms with van der Waals surface area (Å²) in [6.07, 6.45) is 15.5. The predicted octanol–water partition coefficient (Wildman–Crippen LogP) is 4.33. The van der Waals surface area contributed by atoms with Gasteiger partial charge in [0.05, 0.1) is 6.33 Å². The highest BCUT2D eigenvalue weighted by Crippen LogP contribution is 2.34. The van der Waals surface area contributed by atoms with Crippen LogP contribution < -0.4 is 21.7 Å². The van der Waals surface area contributed by atoms with E-state index < -0.39 is 0 Å². The Morgan fingerprint density at radius 1 is 1.00 bits per heavy atom. The van der Waals surface area contributed by atoms with Crippen molar-refractivity contribution in [2.45, 2.75) is 115 Å². The Hall–Kier alpha value is -2.66. The van der Waals surface area contributed by atoms with Gasteiger partial charge in [0.1, 0.15) is 0 Å². The minimum absolute atomic E-state index is 0.220. The number of piperidine rings is 1. The number of imidazole rings is 1. The minimum atomic E-state index is -0.359. The second-order valence-corrected chi connectivity index (χ2v) is 11.3. The van der Waals surface area contributed by atoms with Crippen molar-refractivity contribution < 1.29 is 9.63 Å². The summed E-state index contributed by atoms with van der Waals surface area (Å²) in [6, 6.07) is 1.32. The summed E-state index contributed by atoms with van der Waals surface area (Å²) in [5, 5.41) is 11.9. The predicted molar refractivity (Wildman–Crippen MR) is 149 cm³/mol. The molecule has 0 unspecified atom stereocenters. The summed E-state index contributed by atoms with van der Waals surface area (Å²) in [6.45, 7) is 4.16.